The number of nitrogens with one attached hydrogen (secondary N) is 2. The number of aliphatic imine (C=N–C) groups is 1. The molecule has 4 heteroatoms. The van der Waals surface area contributed by atoms with Crippen molar-refractivity contribution in [3.8, 4) is 0 Å². The van der Waals surface area contributed by atoms with Crippen molar-refractivity contribution in [3.63, 3.8) is 0 Å². The lowest BCUT2D eigenvalue weighted by atomic mass is 10.4. The van der Waals surface area contributed by atoms with Gasteiger partial charge in [0.05, 0.1) is 0 Å². The van der Waals surface area contributed by atoms with Gasteiger partial charge in [0, 0.05) is 32.8 Å². The van der Waals surface area contributed by atoms with Crippen molar-refractivity contribution in [1.82, 2.24) is 10.6 Å². The van der Waals surface area contributed by atoms with Crippen molar-refractivity contribution in [1.29, 1.82) is 0 Å². The number of nitrogens with zero attached hydrogens (tertiary/aromatic N) is 1. The Bertz CT molecular complexity index is 140. The average molecular weight is 201 g/mol. The summed E-state index contributed by atoms with van der Waals surface area (Å²) in [6.45, 7) is 10.3. The number of guanidine groups is 1. The maximum absolute atomic E-state index is 5.23. The summed E-state index contributed by atoms with van der Waals surface area (Å²) in [5.41, 5.74) is 0. The molecule has 0 spiro atoms. The van der Waals surface area contributed by atoms with Crippen molar-refractivity contribution in [3.05, 3.63) is 0 Å². The zero-order valence-electron chi connectivity index (χ0n) is 9.60. The second kappa shape index (κ2) is 10.3. The number of rotatable bonds is 7. The highest BCUT2D eigenvalue weighted by Crippen LogP contribution is 1.84. The van der Waals surface area contributed by atoms with Crippen LogP contribution in [0.25, 0.3) is 0 Å². The van der Waals surface area contributed by atoms with E-state index in [1.807, 2.05) is 6.92 Å². The van der Waals surface area contributed by atoms with Crippen LogP contribution in [0.5, 0.6) is 0 Å². The second-order valence-corrected chi connectivity index (χ2v) is 2.84. The molecular weight excluding hydrogens is 178 g/mol. The van der Waals surface area contributed by atoms with E-state index < -0.39 is 0 Å². The molecule has 14 heavy (non-hydrogen) atoms. The van der Waals surface area contributed by atoms with E-state index in [1.54, 1.807) is 0 Å². The Morgan fingerprint density at radius 2 is 1.79 bits per heavy atom. The lowest BCUT2D eigenvalue weighted by Gasteiger charge is -2.08. The molecule has 0 atom stereocenters. The summed E-state index contributed by atoms with van der Waals surface area (Å²) in [6, 6.07) is 0. The van der Waals surface area contributed by atoms with Gasteiger partial charge in [0.1, 0.15) is 0 Å². The third-order valence-electron chi connectivity index (χ3n) is 1.61. The van der Waals surface area contributed by atoms with Gasteiger partial charge < -0.3 is 15.4 Å². The predicted molar refractivity (Wildman–Crippen MR) is 60.8 cm³/mol. The predicted octanol–water partition coefficient (Wildman–Crippen LogP) is 0.988. The number of ether oxygens (including phenoxy) is 1. The van der Waals surface area contributed by atoms with E-state index in [1.165, 1.54) is 0 Å². The van der Waals surface area contributed by atoms with Crippen LogP contribution in [0.3, 0.4) is 0 Å². The Hall–Kier alpha value is -0.770. The molecule has 0 saturated heterocycles. The van der Waals surface area contributed by atoms with Gasteiger partial charge in [-0.25, -0.2) is 0 Å². The summed E-state index contributed by atoms with van der Waals surface area (Å²) in [6.07, 6.45) is 0.980. The molecule has 2 N–H and O–H groups in total. The summed E-state index contributed by atoms with van der Waals surface area (Å²) >= 11 is 0. The van der Waals surface area contributed by atoms with Gasteiger partial charge >= 0.3 is 0 Å². The fourth-order valence-corrected chi connectivity index (χ4v) is 1.01. The second-order valence-electron chi connectivity index (χ2n) is 2.84. The Morgan fingerprint density at radius 1 is 1.14 bits per heavy atom. The molecule has 84 valence electrons. The topological polar surface area (TPSA) is 45.7 Å². The Labute approximate surface area is 87.1 Å². The summed E-state index contributed by atoms with van der Waals surface area (Å²) in [4.78, 5) is 4.39. The average Bonchev–Trinajstić information content (AvgIpc) is 2.18. The molecule has 0 fully saturated rings. The Kier molecular flexibility index (Phi) is 9.74. The highest BCUT2D eigenvalue weighted by molar-refractivity contribution is 5.79. The van der Waals surface area contributed by atoms with Gasteiger partial charge in [-0.3, -0.25) is 4.99 Å². The molecule has 0 aliphatic carbocycles. The first-order chi connectivity index (χ1) is 6.85. The lowest BCUT2D eigenvalue weighted by Crippen LogP contribution is -2.37. The van der Waals surface area contributed by atoms with Crippen LogP contribution in [0, 0.1) is 0 Å². The molecule has 0 aromatic rings. The third kappa shape index (κ3) is 7.86. The summed E-state index contributed by atoms with van der Waals surface area (Å²) in [5.74, 6) is 0.895. The van der Waals surface area contributed by atoms with Crippen LogP contribution in [-0.4, -0.2) is 38.8 Å². The smallest absolute Gasteiger partial charge is 0.191 e. The molecule has 0 unspecified atom stereocenters. The third-order valence-corrected chi connectivity index (χ3v) is 1.61. The molecule has 0 bridgehead atoms. The highest BCUT2D eigenvalue weighted by atomic mass is 16.5. The summed E-state index contributed by atoms with van der Waals surface area (Å²) in [5, 5.41) is 6.35. The number of hydrogen-bond donors (Lipinski definition) is 2. The van der Waals surface area contributed by atoms with Gasteiger partial charge in [-0.2, -0.15) is 0 Å². The lowest BCUT2D eigenvalue weighted by molar-refractivity contribution is 0.146. The first-order valence-corrected chi connectivity index (χ1v) is 5.45. The van der Waals surface area contributed by atoms with E-state index >= 15 is 0 Å². The zero-order valence-corrected chi connectivity index (χ0v) is 9.60. The van der Waals surface area contributed by atoms with E-state index in [0.29, 0.717) is 0 Å². The van der Waals surface area contributed by atoms with Crippen molar-refractivity contribution in [2.75, 3.05) is 32.8 Å². The van der Waals surface area contributed by atoms with Crippen LogP contribution in [-0.2, 0) is 4.74 Å². The van der Waals surface area contributed by atoms with Crippen molar-refractivity contribution in [2.24, 2.45) is 4.99 Å². The highest BCUT2D eigenvalue weighted by Gasteiger charge is 1.92. The molecule has 0 aromatic heterocycles. The maximum atomic E-state index is 5.23. The summed E-state index contributed by atoms with van der Waals surface area (Å²) < 4.78 is 5.23. The van der Waals surface area contributed by atoms with E-state index in [2.05, 4.69) is 29.5 Å². The van der Waals surface area contributed by atoms with Crippen LogP contribution < -0.4 is 10.6 Å². The summed E-state index contributed by atoms with van der Waals surface area (Å²) in [7, 11) is 0. The Balaban J connectivity index is 3.56. The Morgan fingerprint density at radius 3 is 2.29 bits per heavy atom. The molecule has 0 amide bonds. The van der Waals surface area contributed by atoms with Crippen molar-refractivity contribution in [2.45, 2.75) is 27.2 Å². The van der Waals surface area contributed by atoms with E-state index in [4.69, 9.17) is 4.74 Å². The van der Waals surface area contributed by atoms with Crippen LogP contribution in [0.4, 0.5) is 0 Å². The minimum absolute atomic E-state index is 0.789. The fourth-order valence-electron chi connectivity index (χ4n) is 1.01. The van der Waals surface area contributed by atoms with Gasteiger partial charge in [-0.15, -0.1) is 0 Å². The fraction of sp³-hybridized carbons (Fsp3) is 0.900. The molecule has 0 saturated carbocycles. The van der Waals surface area contributed by atoms with E-state index in [0.717, 1.165) is 45.2 Å². The van der Waals surface area contributed by atoms with Crippen LogP contribution >= 0.6 is 0 Å². The molecule has 0 rings (SSSR count). The van der Waals surface area contributed by atoms with Gasteiger partial charge in [0.2, 0.25) is 0 Å². The zero-order chi connectivity index (χ0) is 10.6. The largest absolute Gasteiger partial charge is 0.382 e. The quantitative estimate of drug-likeness (QED) is 0.367. The van der Waals surface area contributed by atoms with Gasteiger partial charge in [0.25, 0.3) is 0 Å². The SMILES string of the molecule is CCNC(=NCCCOCC)NCC. The maximum Gasteiger partial charge on any atom is 0.191 e. The van der Waals surface area contributed by atoms with Gasteiger partial charge in [-0.05, 0) is 27.2 Å². The van der Waals surface area contributed by atoms with Gasteiger partial charge in [0.15, 0.2) is 5.96 Å². The minimum atomic E-state index is 0.789. The first kappa shape index (κ1) is 13.2. The van der Waals surface area contributed by atoms with Crippen molar-refractivity contribution < 1.29 is 4.74 Å². The van der Waals surface area contributed by atoms with Gasteiger partial charge in [-0.1, -0.05) is 0 Å². The molecule has 0 aliphatic heterocycles. The van der Waals surface area contributed by atoms with Crippen molar-refractivity contribution >= 4 is 5.96 Å². The van der Waals surface area contributed by atoms with E-state index in [-0.39, 0.29) is 0 Å². The molecular formula is C10H23N3O. The standard InChI is InChI=1S/C10H23N3O/c1-4-11-10(12-5-2)13-8-7-9-14-6-3/h4-9H2,1-3H3,(H2,11,12,13). The minimum Gasteiger partial charge on any atom is -0.382 e. The van der Waals surface area contributed by atoms with E-state index in [9.17, 15) is 0 Å². The first-order valence-electron chi connectivity index (χ1n) is 5.45. The van der Waals surface area contributed by atoms with Crippen LogP contribution in [0.15, 0.2) is 4.99 Å². The molecule has 0 heterocycles. The monoisotopic (exact) mass is 201 g/mol. The van der Waals surface area contributed by atoms with Crippen LogP contribution in [0.2, 0.25) is 0 Å². The normalized spacial score (nSPS) is 9.64. The molecule has 0 radical (unpaired) electrons. The molecule has 0 aromatic carbocycles. The molecule has 0 aliphatic rings. The van der Waals surface area contributed by atoms with Crippen LogP contribution in [0.1, 0.15) is 27.2 Å². The molecule has 4 nitrogen and oxygen atoms in total. The number of hydrogen-bond acceptors (Lipinski definition) is 2.